The largest absolute Gasteiger partial charge is 0.419 e. The number of hydrogen-bond donors (Lipinski definition) is 2. The second-order valence-corrected chi connectivity index (χ2v) is 6.87. The molecule has 2 aromatic carbocycles. The van der Waals surface area contributed by atoms with E-state index < -0.39 is 38.6 Å². The number of azo groups is 1. The van der Waals surface area contributed by atoms with E-state index in [1.54, 1.807) is 36.4 Å². The van der Waals surface area contributed by atoms with Gasteiger partial charge in [0.2, 0.25) is 0 Å². The Hall–Kier alpha value is -5.13. The smallest absolute Gasteiger partial charge is 0.383 e. The van der Waals surface area contributed by atoms with E-state index in [4.69, 9.17) is 5.73 Å². The summed E-state index contributed by atoms with van der Waals surface area (Å²) in [6.07, 6.45) is -5.23. The molecule has 0 fully saturated rings. The zero-order valence-corrected chi connectivity index (χ0v) is 17.6. The number of nitrogens with one attached hydrogen (secondary N) is 1. The predicted octanol–water partition coefficient (Wildman–Crippen LogP) is 5.84. The van der Waals surface area contributed by atoms with Gasteiger partial charge in [-0.3, -0.25) is 20.2 Å². The number of nitrogens with two attached hydrogens (primary N) is 1. The Morgan fingerprint density at radius 1 is 1.09 bits per heavy atom. The average Bonchev–Trinajstić information content (AvgIpc) is 2.78. The lowest BCUT2D eigenvalue weighted by Crippen LogP contribution is -2.08. The number of hydrogen-bond acceptors (Lipinski definition) is 10. The number of benzene rings is 2. The second kappa shape index (κ2) is 9.39. The van der Waals surface area contributed by atoms with Gasteiger partial charge in [-0.2, -0.15) is 18.4 Å². The second-order valence-electron chi connectivity index (χ2n) is 6.87. The van der Waals surface area contributed by atoms with Gasteiger partial charge in [0.15, 0.2) is 11.5 Å². The molecule has 178 valence electrons. The molecule has 0 saturated heterocycles. The summed E-state index contributed by atoms with van der Waals surface area (Å²) in [5.74, 6) is -0.285. The number of halogens is 3. The number of alkyl halides is 3. The fourth-order valence-corrected chi connectivity index (χ4v) is 3.00. The summed E-state index contributed by atoms with van der Waals surface area (Å²) in [5.41, 5.74) is 0.597. The van der Waals surface area contributed by atoms with Gasteiger partial charge in [0.1, 0.15) is 17.6 Å². The van der Waals surface area contributed by atoms with Crippen molar-refractivity contribution in [1.82, 2.24) is 4.98 Å². The molecule has 0 spiro atoms. The quantitative estimate of drug-likeness (QED) is 0.247. The van der Waals surface area contributed by atoms with Crippen LogP contribution in [0.15, 0.2) is 52.7 Å². The Morgan fingerprint density at radius 3 is 2.26 bits per heavy atom. The molecule has 0 radical (unpaired) electrons. The first-order valence-electron chi connectivity index (χ1n) is 9.42. The molecule has 1 heterocycles. The van der Waals surface area contributed by atoms with E-state index in [-0.39, 0.29) is 34.5 Å². The maximum Gasteiger partial charge on any atom is 0.419 e. The highest BCUT2D eigenvalue weighted by Crippen LogP contribution is 2.45. The summed E-state index contributed by atoms with van der Waals surface area (Å²) < 4.78 is 40.9. The SMILES string of the molecule is Cc1c(C#N)c(N)nc(Nc2ccccc2)c1/N=N/c1c([N+](=O)[O-])cc([N+](=O)[O-])cc1C(F)(F)F. The maximum atomic E-state index is 13.6. The summed E-state index contributed by atoms with van der Waals surface area (Å²) in [6, 6.07) is 10.6. The van der Waals surface area contributed by atoms with Crippen LogP contribution in [-0.4, -0.2) is 14.8 Å². The van der Waals surface area contributed by atoms with Gasteiger partial charge in [0, 0.05) is 17.3 Å². The van der Waals surface area contributed by atoms with Gasteiger partial charge in [0.25, 0.3) is 5.69 Å². The molecule has 0 aliphatic heterocycles. The van der Waals surface area contributed by atoms with E-state index in [9.17, 15) is 38.7 Å². The number of pyridine rings is 1. The molecular weight excluding hydrogens is 473 g/mol. The number of nitro benzene ring substituents is 2. The van der Waals surface area contributed by atoms with Gasteiger partial charge in [-0.25, -0.2) is 4.98 Å². The minimum absolute atomic E-state index is 0.0836. The minimum atomic E-state index is -5.23. The van der Waals surface area contributed by atoms with Crippen molar-refractivity contribution >= 4 is 40.1 Å². The van der Waals surface area contributed by atoms with Crippen LogP contribution < -0.4 is 11.1 Å². The van der Waals surface area contributed by atoms with Crippen LogP contribution in [0.5, 0.6) is 0 Å². The first-order chi connectivity index (χ1) is 16.4. The van der Waals surface area contributed by atoms with Crippen LogP contribution in [0.25, 0.3) is 0 Å². The number of non-ortho nitro benzene ring substituents is 1. The number of nitrogen functional groups attached to an aromatic ring is 1. The molecule has 35 heavy (non-hydrogen) atoms. The van der Waals surface area contributed by atoms with Crippen molar-refractivity contribution in [2.75, 3.05) is 11.1 Å². The molecule has 0 amide bonds. The molecule has 0 aliphatic rings. The molecule has 0 unspecified atom stereocenters. The van der Waals surface area contributed by atoms with Crippen molar-refractivity contribution in [3.63, 3.8) is 0 Å². The first kappa shape index (κ1) is 24.5. The zero-order valence-electron chi connectivity index (χ0n) is 17.6. The fourth-order valence-electron chi connectivity index (χ4n) is 3.00. The molecule has 0 saturated carbocycles. The Balaban J connectivity index is 2.27. The lowest BCUT2D eigenvalue weighted by molar-refractivity contribution is -0.394. The van der Waals surface area contributed by atoms with Gasteiger partial charge < -0.3 is 11.1 Å². The van der Waals surface area contributed by atoms with Crippen LogP contribution >= 0.6 is 0 Å². The summed E-state index contributed by atoms with van der Waals surface area (Å²) in [4.78, 5) is 24.0. The number of rotatable bonds is 6. The van der Waals surface area contributed by atoms with Crippen LogP contribution in [-0.2, 0) is 6.18 Å². The highest BCUT2D eigenvalue weighted by atomic mass is 19.4. The Kier molecular flexibility index (Phi) is 6.58. The molecule has 3 rings (SSSR count). The van der Waals surface area contributed by atoms with Crippen molar-refractivity contribution in [3.8, 4) is 6.07 Å². The number of nitrogens with zero attached hydrogens (tertiary/aromatic N) is 6. The molecule has 0 atom stereocenters. The standard InChI is InChI=1S/C20H13F3N8O4/c1-10-13(9-24)18(25)27-19(26-11-5-3-2-4-6-11)16(10)28-29-17-14(20(21,22)23)7-12(30(32)33)8-15(17)31(34)35/h2-8H,1H3,(H3,25,26,27)/b29-28+. The highest BCUT2D eigenvalue weighted by molar-refractivity contribution is 5.77. The Labute approximate surface area is 193 Å². The predicted molar refractivity (Wildman–Crippen MR) is 117 cm³/mol. The molecule has 3 N–H and O–H groups in total. The van der Waals surface area contributed by atoms with Gasteiger partial charge >= 0.3 is 11.9 Å². The van der Waals surface area contributed by atoms with E-state index >= 15 is 0 Å². The molecular formula is C20H13F3N8O4. The summed E-state index contributed by atoms with van der Waals surface area (Å²) in [5, 5.41) is 41.8. The van der Waals surface area contributed by atoms with Gasteiger partial charge in [-0.15, -0.1) is 10.2 Å². The fraction of sp³-hybridized carbons (Fsp3) is 0.100. The highest BCUT2D eigenvalue weighted by Gasteiger charge is 2.40. The molecule has 0 aliphatic carbocycles. The van der Waals surface area contributed by atoms with Crippen LogP contribution in [0.1, 0.15) is 16.7 Å². The zero-order chi connectivity index (χ0) is 25.9. The Morgan fingerprint density at radius 2 is 1.71 bits per heavy atom. The molecule has 1 aromatic heterocycles. The number of aromatic nitrogens is 1. The number of anilines is 3. The van der Waals surface area contributed by atoms with Gasteiger partial charge in [0.05, 0.1) is 27.0 Å². The normalized spacial score (nSPS) is 11.3. The summed E-state index contributed by atoms with van der Waals surface area (Å²) in [7, 11) is 0. The average molecular weight is 486 g/mol. The number of para-hydroxylation sites is 1. The third-order valence-corrected chi connectivity index (χ3v) is 4.63. The van der Waals surface area contributed by atoms with Crippen molar-refractivity contribution in [2.45, 2.75) is 13.1 Å². The Bertz CT molecular complexity index is 1400. The molecule has 15 heteroatoms. The topological polar surface area (TPSA) is 186 Å². The van der Waals surface area contributed by atoms with Crippen molar-refractivity contribution in [3.05, 3.63) is 79.4 Å². The van der Waals surface area contributed by atoms with Gasteiger partial charge in [-0.1, -0.05) is 18.2 Å². The van der Waals surface area contributed by atoms with Crippen molar-refractivity contribution in [1.29, 1.82) is 5.26 Å². The minimum Gasteiger partial charge on any atom is -0.383 e. The maximum absolute atomic E-state index is 13.6. The first-order valence-corrected chi connectivity index (χ1v) is 9.42. The summed E-state index contributed by atoms with van der Waals surface area (Å²) >= 11 is 0. The van der Waals surface area contributed by atoms with Crippen LogP contribution in [0.4, 0.5) is 53.2 Å². The lowest BCUT2D eigenvalue weighted by Gasteiger charge is -2.13. The van der Waals surface area contributed by atoms with Crippen LogP contribution in [0.3, 0.4) is 0 Å². The van der Waals surface area contributed by atoms with Crippen molar-refractivity contribution in [2.24, 2.45) is 10.2 Å². The molecule has 12 nitrogen and oxygen atoms in total. The third kappa shape index (κ3) is 5.11. The molecule has 0 bridgehead atoms. The van der Waals surface area contributed by atoms with Crippen LogP contribution in [0, 0.1) is 38.5 Å². The molecule has 3 aromatic rings. The van der Waals surface area contributed by atoms with Gasteiger partial charge in [-0.05, 0) is 19.1 Å². The van der Waals surface area contributed by atoms with E-state index in [0.29, 0.717) is 11.8 Å². The van der Waals surface area contributed by atoms with Crippen molar-refractivity contribution < 1.29 is 23.0 Å². The van der Waals surface area contributed by atoms with Crippen LogP contribution in [0.2, 0.25) is 0 Å². The van der Waals surface area contributed by atoms with E-state index in [1.807, 2.05) is 0 Å². The number of nitriles is 1. The summed E-state index contributed by atoms with van der Waals surface area (Å²) in [6.45, 7) is 1.38. The van der Waals surface area contributed by atoms with E-state index in [1.165, 1.54) is 6.92 Å². The third-order valence-electron chi connectivity index (χ3n) is 4.63. The number of nitro groups is 2. The van der Waals surface area contributed by atoms with E-state index in [0.717, 1.165) is 0 Å². The lowest BCUT2D eigenvalue weighted by atomic mass is 10.1. The monoisotopic (exact) mass is 486 g/mol. The van der Waals surface area contributed by atoms with E-state index in [2.05, 4.69) is 20.5 Å².